The summed E-state index contributed by atoms with van der Waals surface area (Å²) in [5, 5.41) is 0. The number of epoxide rings is 1. The zero-order chi connectivity index (χ0) is 6.27. The smallest absolute Gasteiger partial charge is 0.161 e. The minimum atomic E-state index is 0.427. The number of fused-ring (bicyclic) bond motifs is 1. The van der Waals surface area contributed by atoms with Gasteiger partial charge in [-0.05, 0) is 18.9 Å². The fourth-order valence-corrected chi connectivity index (χ4v) is 1.39. The molecule has 0 saturated carbocycles. The fraction of sp³-hybridized carbons (Fsp3) is 0.500. The van der Waals surface area contributed by atoms with Crippen LogP contribution in [0.25, 0.3) is 0 Å². The average molecular weight is 122 g/mol. The third kappa shape index (κ3) is 0.680. The van der Waals surface area contributed by atoms with Crippen LogP contribution in [-0.2, 0) is 4.74 Å². The van der Waals surface area contributed by atoms with Crippen molar-refractivity contribution in [1.82, 2.24) is 0 Å². The van der Waals surface area contributed by atoms with E-state index in [1.165, 1.54) is 18.6 Å². The van der Waals surface area contributed by atoms with Gasteiger partial charge >= 0.3 is 0 Å². The first-order valence-corrected chi connectivity index (χ1v) is 3.41. The molecule has 0 radical (unpaired) electrons. The predicted molar refractivity (Wildman–Crippen MR) is 35.9 cm³/mol. The van der Waals surface area contributed by atoms with Crippen LogP contribution in [0.4, 0.5) is 0 Å². The zero-order valence-corrected chi connectivity index (χ0v) is 5.34. The molecule has 0 N–H and O–H groups in total. The molecule has 1 heteroatoms. The van der Waals surface area contributed by atoms with Crippen LogP contribution in [0.3, 0.4) is 0 Å². The normalized spacial score (nSPS) is 38.0. The second-order valence-electron chi connectivity index (χ2n) is 2.62. The summed E-state index contributed by atoms with van der Waals surface area (Å²) in [6, 6.07) is 0. The van der Waals surface area contributed by atoms with Gasteiger partial charge in [0.25, 0.3) is 0 Å². The van der Waals surface area contributed by atoms with Crippen LogP contribution in [0.15, 0.2) is 24.5 Å². The maximum Gasteiger partial charge on any atom is 0.161 e. The van der Waals surface area contributed by atoms with Gasteiger partial charge in [0.15, 0.2) is 6.10 Å². The summed E-state index contributed by atoms with van der Waals surface area (Å²) in [5.41, 5.74) is 0. The quantitative estimate of drug-likeness (QED) is 0.382. The number of hydrogen-bond donors (Lipinski definition) is 0. The van der Waals surface area contributed by atoms with Crippen molar-refractivity contribution in [2.75, 3.05) is 0 Å². The van der Waals surface area contributed by atoms with Gasteiger partial charge in [-0.1, -0.05) is 6.08 Å². The molecule has 1 fully saturated rings. The van der Waals surface area contributed by atoms with Crippen molar-refractivity contribution >= 4 is 0 Å². The van der Waals surface area contributed by atoms with Gasteiger partial charge in [0.2, 0.25) is 0 Å². The molecule has 0 aromatic carbocycles. The van der Waals surface area contributed by atoms with Crippen molar-refractivity contribution in [3.05, 3.63) is 24.5 Å². The van der Waals surface area contributed by atoms with Crippen LogP contribution in [0.1, 0.15) is 12.8 Å². The Morgan fingerprint density at radius 2 is 2.67 bits per heavy atom. The van der Waals surface area contributed by atoms with E-state index < -0.39 is 0 Å². The highest BCUT2D eigenvalue weighted by Crippen LogP contribution is 2.40. The Bertz CT molecular complexity index is 169. The van der Waals surface area contributed by atoms with E-state index in [1.807, 2.05) is 6.08 Å². The maximum absolute atomic E-state index is 5.27. The molecule has 9 heavy (non-hydrogen) atoms. The molecule has 0 bridgehead atoms. The summed E-state index contributed by atoms with van der Waals surface area (Å²) in [4.78, 5) is 0. The largest absolute Gasteiger partial charge is 0.483 e. The zero-order valence-electron chi connectivity index (χ0n) is 5.34. The van der Waals surface area contributed by atoms with E-state index in [1.54, 1.807) is 0 Å². The Balaban J connectivity index is 2.14. The molecule has 1 aliphatic carbocycles. The Morgan fingerprint density at radius 3 is 3.33 bits per heavy atom. The highest BCUT2D eigenvalue weighted by atomic mass is 16.6. The minimum Gasteiger partial charge on any atom is -0.483 e. The van der Waals surface area contributed by atoms with Crippen LogP contribution in [0.2, 0.25) is 0 Å². The molecule has 1 aliphatic heterocycles. The molecule has 2 rings (SSSR count). The third-order valence-electron chi connectivity index (χ3n) is 2.02. The van der Waals surface area contributed by atoms with Crippen LogP contribution in [0.5, 0.6) is 0 Å². The van der Waals surface area contributed by atoms with Crippen molar-refractivity contribution in [2.45, 2.75) is 18.9 Å². The van der Waals surface area contributed by atoms with Gasteiger partial charge in [0.1, 0.15) is 5.76 Å². The summed E-state index contributed by atoms with van der Waals surface area (Å²) < 4.78 is 5.27. The Labute approximate surface area is 55.0 Å². The lowest BCUT2D eigenvalue weighted by atomic mass is 9.95. The van der Waals surface area contributed by atoms with Gasteiger partial charge < -0.3 is 4.74 Å². The minimum absolute atomic E-state index is 0.427. The summed E-state index contributed by atoms with van der Waals surface area (Å²) >= 11 is 0. The SMILES string of the molecule is C=CC1CCC=C2OC21. The lowest BCUT2D eigenvalue weighted by molar-refractivity contribution is 0.367. The number of ether oxygens (including phenoxy) is 1. The van der Waals surface area contributed by atoms with Crippen molar-refractivity contribution in [3.63, 3.8) is 0 Å². The van der Waals surface area contributed by atoms with Crippen LogP contribution in [0, 0.1) is 5.92 Å². The van der Waals surface area contributed by atoms with E-state index in [-0.39, 0.29) is 0 Å². The molecule has 48 valence electrons. The van der Waals surface area contributed by atoms with Crippen molar-refractivity contribution < 1.29 is 4.74 Å². The standard InChI is InChI=1S/C8H10O/c1-2-6-4-3-5-7-8(6)9-7/h2,5-6,8H,1,3-4H2. The van der Waals surface area contributed by atoms with Gasteiger partial charge in [-0.25, -0.2) is 0 Å². The van der Waals surface area contributed by atoms with Gasteiger partial charge in [-0.3, -0.25) is 0 Å². The molecular formula is C8H10O. The molecular weight excluding hydrogens is 112 g/mol. The summed E-state index contributed by atoms with van der Waals surface area (Å²) in [5.74, 6) is 1.80. The molecule has 0 spiro atoms. The fourth-order valence-electron chi connectivity index (χ4n) is 1.39. The molecule has 1 nitrogen and oxygen atoms in total. The van der Waals surface area contributed by atoms with E-state index in [4.69, 9.17) is 4.74 Å². The van der Waals surface area contributed by atoms with Crippen LogP contribution in [-0.4, -0.2) is 6.10 Å². The lowest BCUT2D eigenvalue weighted by Gasteiger charge is -2.06. The third-order valence-corrected chi connectivity index (χ3v) is 2.02. The summed E-state index contributed by atoms with van der Waals surface area (Å²) in [7, 11) is 0. The number of rotatable bonds is 1. The number of hydrogen-bond acceptors (Lipinski definition) is 1. The second kappa shape index (κ2) is 1.63. The molecule has 2 unspecified atom stereocenters. The maximum atomic E-state index is 5.27. The summed E-state index contributed by atoms with van der Waals surface area (Å²) in [6.07, 6.45) is 7.01. The van der Waals surface area contributed by atoms with E-state index in [0.29, 0.717) is 12.0 Å². The van der Waals surface area contributed by atoms with E-state index >= 15 is 0 Å². The van der Waals surface area contributed by atoms with Crippen LogP contribution >= 0.6 is 0 Å². The van der Waals surface area contributed by atoms with Crippen molar-refractivity contribution in [3.8, 4) is 0 Å². The molecule has 2 aliphatic rings. The van der Waals surface area contributed by atoms with Crippen LogP contribution < -0.4 is 0 Å². The Kier molecular flexibility index (Phi) is 0.922. The van der Waals surface area contributed by atoms with E-state index in [0.717, 1.165) is 0 Å². The molecule has 1 saturated heterocycles. The molecule has 0 aromatic rings. The molecule has 2 atom stereocenters. The molecule has 0 amide bonds. The van der Waals surface area contributed by atoms with E-state index in [2.05, 4.69) is 12.7 Å². The number of allylic oxidation sites excluding steroid dienone is 1. The van der Waals surface area contributed by atoms with Gasteiger partial charge in [-0.15, -0.1) is 6.58 Å². The Morgan fingerprint density at radius 1 is 1.78 bits per heavy atom. The topological polar surface area (TPSA) is 12.5 Å². The summed E-state index contributed by atoms with van der Waals surface area (Å²) in [6.45, 7) is 3.75. The van der Waals surface area contributed by atoms with Gasteiger partial charge in [0, 0.05) is 5.92 Å². The van der Waals surface area contributed by atoms with Crippen molar-refractivity contribution in [1.29, 1.82) is 0 Å². The first-order valence-electron chi connectivity index (χ1n) is 3.41. The molecule has 0 aromatic heterocycles. The van der Waals surface area contributed by atoms with Crippen molar-refractivity contribution in [2.24, 2.45) is 5.92 Å². The second-order valence-corrected chi connectivity index (χ2v) is 2.62. The highest BCUT2D eigenvalue weighted by Gasteiger charge is 2.40. The predicted octanol–water partition coefficient (Wildman–Crippen LogP) is 1.87. The average Bonchev–Trinajstić information content (AvgIpc) is 2.64. The first-order chi connectivity index (χ1) is 4.42. The van der Waals surface area contributed by atoms with E-state index in [9.17, 15) is 0 Å². The highest BCUT2D eigenvalue weighted by molar-refractivity contribution is 5.21. The van der Waals surface area contributed by atoms with Gasteiger partial charge in [0.05, 0.1) is 0 Å². The van der Waals surface area contributed by atoms with Gasteiger partial charge in [-0.2, -0.15) is 0 Å². The first kappa shape index (κ1) is 5.10. The monoisotopic (exact) mass is 122 g/mol. The lowest BCUT2D eigenvalue weighted by Crippen LogP contribution is -2.05. The Hall–Kier alpha value is -0.720. The molecule has 1 heterocycles.